The zero-order chi connectivity index (χ0) is 15.1. The van der Waals surface area contributed by atoms with Gasteiger partial charge in [0.25, 0.3) is 0 Å². The van der Waals surface area contributed by atoms with Crippen molar-refractivity contribution in [2.45, 2.75) is 30.5 Å². The summed E-state index contributed by atoms with van der Waals surface area (Å²) in [7, 11) is 0. The van der Waals surface area contributed by atoms with Gasteiger partial charge in [0.2, 0.25) is 3.79 Å². The molecule has 0 unspecified atom stereocenters. The molecule has 0 aromatic carbocycles. The molecule has 0 aliphatic heterocycles. The van der Waals surface area contributed by atoms with Crippen molar-refractivity contribution >= 4 is 52.5 Å². The zero-order valence-corrected chi connectivity index (χ0v) is 12.9. The van der Waals surface area contributed by atoms with Gasteiger partial charge in [0, 0.05) is 0 Å². The zero-order valence-electron chi connectivity index (χ0n) is 10.7. The minimum atomic E-state index is -2.17. The van der Waals surface area contributed by atoms with Gasteiger partial charge >= 0.3 is 11.9 Å². The van der Waals surface area contributed by atoms with Crippen LogP contribution in [-0.2, 0) is 19.1 Å². The van der Waals surface area contributed by atoms with E-state index in [9.17, 15) is 9.59 Å². The highest BCUT2D eigenvalue weighted by molar-refractivity contribution is 6.77. The van der Waals surface area contributed by atoms with E-state index in [1.807, 2.05) is 0 Å². The molecule has 8 heteroatoms. The van der Waals surface area contributed by atoms with Crippen LogP contribution in [0.2, 0.25) is 0 Å². The fourth-order valence-corrected chi connectivity index (χ4v) is 1.39. The number of halogens is 3. The van der Waals surface area contributed by atoms with Crippen molar-refractivity contribution in [3.05, 3.63) is 0 Å². The molecule has 0 bridgehead atoms. The highest BCUT2D eigenvalue weighted by Gasteiger charge is 2.43. The van der Waals surface area contributed by atoms with Crippen molar-refractivity contribution in [2.24, 2.45) is 5.92 Å². The molecule has 0 amide bonds. The maximum Gasteiger partial charge on any atom is 0.326 e. The van der Waals surface area contributed by atoms with Crippen LogP contribution >= 0.6 is 34.8 Å². The van der Waals surface area contributed by atoms with E-state index >= 15 is 0 Å². The lowest BCUT2D eigenvalue weighted by Gasteiger charge is -2.20. The Morgan fingerprint density at radius 1 is 1.05 bits per heavy atom. The van der Waals surface area contributed by atoms with Crippen molar-refractivity contribution in [1.29, 1.82) is 5.41 Å². The van der Waals surface area contributed by atoms with Gasteiger partial charge in [0.1, 0.15) is 0 Å². The number of rotatable bonds is 7. The Balaban J connectivity index is 4.98. The van der Waals surface area contributed by atoms with Crippen molar-refractivity contribution in [2.75, 3.05) is 13.2 Å². The summed E-state index contributed by atoms with van der Waals surface area (Å²) >= 11 is 16.6. The number of carbonyl (C=O) groups is 2. The van der Waals surface area contributed by atoms with Gasteiger partial charge in [0.15, 0.2) is 5.92 Å². The molecule has 5 nitrogen and oxygen atoms in total. The maximum absolute atomic E-state index is 11.8. The molecule has 0 aromatic heterocycles. The largest absolute Gasteiger partial charge is 0.465 e. The van der Waals surface area contributed by atoms with E-state index in [4.69, 9.17) is 49.7 Å². The smallest absolute Gasteiger partial charge is 0.326 e. The van der Waals surface area contributed by atoms with Gasteiger partial charge in [-0.3, -0.25) is 9.59 Å². The Morgan fingerprint density at radius 2 is 1.42 bits per heavy atom. The molecule has 0 rings (SSSR count). The van der Waals surface area contributed by atoms with Crippen LogP contribution < -0.4 is 0 Å². The van der Waals surface area contributed by atoms with Crippen molar-refractivity contribution in [3.63, 3.8) is 0 Å². The van der Waals surface area contributed by atoms with Crippen LogP contribution in [0.5, 0.6) is 0 Å². The van der Waals surface area contributed by atoms with E-state index in [0.29, 0.717) is 12.8 Å². The standard InChI is InChI=1S/C11H16Cl3NO4/c1-3-5-18-9(16)7(8(15)11(12,13)14)10(17)19-6-4-2/h7,15H,3-6H2,1-2H3. The van der Waals surface area contributed by atoms with Gasteiger partial charge in [0.05, 0.1) is 18.9 Å². The van der Waals surface area contributed by atoms with Gasteiger partial charge in [-0.25, -0.2) is 0 Å². The lowest BCUT2D eigenvalue weighted by atomic mass is 10.1. The molecular formula is C11H16Cl3NO4. The van der Waals surface area contributed by atoms with Gasteiger partial charge in [-0.15, -0.1) is 0 Å². The SMILES string of the molecule is CCCOC(=O)C(C(=N)C(Cl)(Cl)Cl)C(=O)OCCC. The predicted molar refractivity (Wildman–Crippen MR) is 74.0 cm³/mol. The number of nitrogens with one attached hydrogen (secondary N) is 1. The summed E-state index contributed by atoms with van der Waals surface area (Å²) in [6, 6.07) is 0. The lowest BCUT2D eigenvalue weighted by Crippen LogP contribution is -2.40. The summed E-state index contributed by atoms with van der Waals surface area (Å²) in [4.78, 5) is 23.5. The average molecular weight is 333 g/mol. The van der Waals surface area contributed by atoms with E-state index in [1.54, 1.807) is 13.8 Å². The number of hydrogen-bond acceptors (Lipinski definition) is 5. The summed E-state index contributed by atoms with van der Waals surface area (Å²) in [5.74, 6) is -3.54. The van der Waals surface area contributed by atoms with E-state index in [-0.39, 0.29) is 13.2 Å². The first-order valence-electron chi connectivity index (χ1n) is 5.74. The fraction of sp³-hybridized carbons (Fsp3) is 0.727. The molecule has 1 N–H and O–H groups in total. The fourth-order valence-electron chi connectivity index (χ4n) is 1.07. The van der Waals surface area contributed by atoms with Gasteiger partial charge in [-0.2, -0.15) is 0 Å². The normalized spacial score (nSPS) is 11.3. The second kappa shape index (κ2) is 8.61. The van der Waals surface area contributed by atoms with Crippen LogP contribution in [0, 0.1) is 11.3 Å². The third-order valence-electron chi connectivity index (χ3n) is 1.96. The monoisotopic (exact) mass is 331 g/mol. The van der Waals surface area contributed by atoms with Crippen molar-refractivity contribution in [3.8, 4) is 0 Å². The predicted octanol–water partition coefficient (Wildman–Crippen LogP) is 2.90. The number of hydrogen-bond donors (Lipinski definition) is 1. The summed E-state index contributed by atoms with van der Waals surface area (Å²) in [6.07, 6.45) is 1.15. The van der Waals surface area contributed by atoms with Crippen LogP contribution in [0.15, 0.2) is 0 Å². The topological polar surface area (TPSA) is 76.5 Å². The third-order valence-corrected chi connectivity index (χ3v) is 2.57. The number of alkyl halides is 3. The van der Waals surface area contributed by atoms with E-state index in [1.165, 1.54) is 0 Å². The molecule has 0 fully saturated rings. The molecule has 0 atom stereocenters. The number of esters is 2. The van der Waals surface area contributed by atoms with E-state index < -0.39 is 27.4 Å². The first-order chi connectivity index (χ1) is 8.75. The molecule has 110 valence electrons. The van der Waals surface area contributed by atoms with Crippen LogP contribution in [0.1, 0.15) is 26.7 Å². The van der Waals surface area contributed by atoms with E-state index in [2.05, 4.69) is 0 Å². The van der Waals surface area contributed by atoms with Gasteiger partial charge < -0.3 is 14.9 Å². The summed E-state index contributed by atoms with van der Waals surface area (Å²) in [5.41, 5.74) is -0.681. The summed E-state index contributed by atoms with van der Waals surface area (Å²) in [5, 5.41) is 7.63. The Bertz CT molecular complexity index is 321. The minimum Gasteiger partial charge on any atom is -0.465 e. The van der Waals surface area contributed by atoms with Crippen LogP contribution in [0.3, 0.4) is 0 Å². The minimum absolute atomic E-state index is 0.115. The molecule has 0 aliphatic rings. The maximum atomic E-state index is 11.8. The van der Waals surface area contributed by atoms with Crippen molar-refractivity contribution < 1.29 is 19.1 Å². The highest BCUT2D eigenvalue weighted by atomic mass is 35.6. The first-order valence-corrected chi connectivity index (χ1v) is 6.87. The molecule has 0 heterocycles. The van der Waals surface area contributed by atoms with Crippen molar-refractivity contribution in [1.82, 2.24) is 0 Å². The number of carbonyl (C=O) groups excluding carboxylic acids is 2. The molecule has 19 heavy (non-hydrogen) atoms. The summed E-state index contributed by atoms with van der Waals surface area (Å²) < 4.78 is 7.46. The molecule has 0 spiro atoms. The molecule has 0 aliphatic carbocycles. The average Bonchev–Trinajstić information content (AvgIpc) is 2.32. The third kappa shape index (κ3) is 6.45. The highest BCUT2D eigenvalue weighted by Crippen LogP contribution is 2.31. The first kappa shape index (κ1) is 18.5. The number of ether oxygens (including phenoxy) is 2. The van der Waals surface area contributed by atoms with Crippen LogP contribution in [0.4, 0.5) is 0 Å². The Kier molecular flexibility index (Phi) is 8.38. The lowest BCUT2D eigenvalue weighted by molar-refractivity contribution is -0.158. The Labute approximate surface area is 127 Å². The molecule has 0 saturated carbocycles. The second-order valence-electron chi connectivity index (χ2n) is 3.68. The van der Waals surface area contributed by atoms with Crippen LogP contribution in [-0.4, -0.2) is 34.7 Å². The second-order valence-corrected chi connectivity index (χ2v) is 5.96. The molecule has 0 aromatic rings. The molecule has 0 radical (unpaired) electrons. The Morgan fingerprint density at radius 3 is 1.68 bits per heavy atom. The van der Waals surface area contributed by atoms with Crippen LogP contribution in [0.25, 0.3) is 0 Å². The Hall–Kier alpha value is -0.520. The summed E-state index contributed by atoms with van der Waals surface area (Å²) in [6.45, 7) is 3.81. The van der Waals surface area contributed by atoms with Gasteiger partial charge in [-0.1, -0.05) is 48.7 Å². The van der Waals surface area contributed by atoms with E-state index in [0.717, 1.165) is 0 Å². The molecular weight excluding hydrogens is 316 g/mol. The van der Waals surface area contributed by atoms with Gasteiger partial charge in [-0.05, 0) is 12.8 Å². The quantitative estimate of drug-likeness (QED) is 0.336. The molecule has 0 saturated heterocycles.